The Hall–Kier alpha value is -4.13. The number of Topliss-reactive ketones (excluding diaryl/α,β-unsaturated/α-hetero) is 1. The van der Waals surface area contributed by atoms with Crippen molar-refractivity contribution in [2.45, 2.75) is 81.7 Å². The first-order valence-corrected chi connectivity index (χ1v) is 17.6. The Bertz CT molecular complexity index is 1810. The number of benzene rings is 2. The van der Waals surface area contributed by atoms with Gasteiger partial charge in [-0.1, -0.05) is 12.1 Å². The normalized spacial score (nSPS) is 21.4. The summed E-state index contributed by atoms with van der Waals surface area (Å²) in [5, 5.41) is 31.1. The lowest BCUT2D eigenvalue weighted by Gasteiger charge is -2.45. The molecule has 2 aromatic heterocycles. The van der Waals surface area contributed by atoms with E-state index in [-0.39, 0.29) is 30.0 Å². The van der Waals surface area contributed by atoms with Crippen LogP contribution in [-0.4, -0.2) is 113 Å². The Morgan fingerprint density at radius 1 is 0.736 bits per heavy atom. The van der Waals surface area contributed by atoms with Crippen LogP contribution in [0.5, 0.6) is 0 Å². The van der Waals surface area contributed by atoms with Crippen LogP contribution in [-0.2, 0) is 38.6 Å². The molecule has 17 heteroatoms. The highest BCUT2D eigenvalue weighted by molar-refractivity contribution is 5.79. The Labute approximate surface area is 304 Å². The van der Waals surface area contributed by atoms with Crippen LogP contribution in [0.4, 0.5) is 17.6 Å². The van der Waals surface area contributed by atoms with Crippen molar-refractivity contribution in [1.82, 2.24) is 39.3 Å². The summed E-state index contributed by atoms with van der Waals surface area (Å²) in [6, 6.07) is 5.41. The van der Waals surface area contributed by atoms with E-state index in [1.807, 2.05) is 11.8 Å². The van der Waals surface area contributed by atoms with Crippen molar-refractivity contribution in [2.24, 2.45) is 0 Å². The topological polar surface area (TPSA) is 144 Å². The van der Waals surface area contributed by atoms with Gasteiger partial charge in [-0.05, 0) is 26.0 Å². The lowest BCUT2D eigenvalue weighted by atomic mass is 9.84. The van der Waals surface area contributed by atoms with Crippen LogP contribution in [0, 0.1) is 23.3 Å². The van der Waals surface area contributed by atoms with Crippen LogP contribution in [0.2, 0.25) is 0 Å². The molecule has 2 aromatic carbocycles. The molecule has 2 N–H and O–H groups in total. The number of hydrogen-bond donors (Lipinski definition) is 2. The van der Waals surface area contributed by atoms with E-state index in [4.69, 9.17) is 9.47 Å². The maximum atomic E-state index is 14.6. The molecule has 0 saturated carbocycles. The smallest absolute Gasteiger partial charge is 0.170 e. The van der Waals surface area contributed by atoms with Gasteiger partial charge < -0.3 is 19.7 Å². The van der Waals surface area contributed by atoms with Crippen molar-refractivity contribution in [3.63, 3.8) is 0 Å². The highest BCUT2D eigenvalue weighted by atomic mass is 19.1. The SMILES string of the molecule is C[C@@H](N1CCC(=O)CC1)[C@](O)(Cn1cncn1)c1ccc(F)cc1F.C[C@@H](N1CCC2(CC1)OCCO2)[C@](O)(Cn1cncn1)c1ccc(F)cc1F. The van der Waals surface area contributed by atoms with E-state index in [0.29, 0.717) is 65.1 Å². The molecule has 0 aliphatic carbocycles. The van der Waals surface area contributed by atoms with E-state index in [2.05, 4.69) is 25.1 Å². The van der Waals surface area contributed by atoms with Crippen LogP contribution in [0.3, 0.4) is 0 Å². The summed E-state index contributed by atoms with van der Waals surface area (Å²) in [5.74, 6) is -3.36. The monoisotopic (exact) mass is 744 g/mol. The van der Waals surface area contributed by atoms with Crippen LogP contribution in [0.25, 0.3) is 0 Å². The number of rotatable bonds is 10. The van der Waals surface area contributed by atoms with Gasteiger partial charge in [0.15, 0.2) is 5.79 Å². The molecule has 3 aliphatic heterocycles. The first-order chi connectivity index (χ1) is 25.3. The number of nitrogens with zero attached hydrogens (tertiary/aromatic N) is 8. The Kier molecular flexibility index (Phi) is 11.7. The number of aliphatic hydroxyl groups is 2. The number of hydrogen-bond acceptors (Lipinski definition) is 11. The molecule has 5 heterocycles. The largest absolute Gasteiger partial charge is 0.381 e. The summed E-state index contributed by atoms with van der Waals surface area (Å²) in [4.78, 5) is 23.3. The summed E-state index contributed by atoms with van der Waals surface area (Å²) in [5.41, 5.74) is -3.27. The van der Waals surface area contributed by atoms with Gasteiger partial charge in [-0.15, -0.1) is 0 Å². The third-order valence-corrected chi connectivity index (χ3v) is 10.7. The van der Waals surface area contributed by atoms with Gasteiger partial charge in [-0.25, -0.2) is 36.9 Å². The van der Waals surface area contributed by atoms with Gasteiger partial charge in [0, 0.05) is 87.2 Å². The van der Waals surface area contributed by atoms with E-state index in [0.717, 1.165) is 24.3 Å². The fourth-order valence-corrected chi connectivity index (χ4v) is 7.49. The van der Waals surface area contributed by atoms with Crippen LogP contribution < -0.4 is 0 Å². The Morgan fingerprint density at radius 3 is 1.57 bits per heavy atom. The summed E-state index contributed by atoms with van der Waals surface area (Å²) < 4.78 is 70.2. The third-order valence-electron chi connectivity index (χ3n) is 10.7. The fraction of sp³-hybridized carbons (Fsp3) is 0.528. The number of carbonyl (C=O) groups is 1. The Balaban J connectivity index is 0.000000183. The molecule has 0 bridgehead atoms. The minimum atomic E-state index is -1.66. The van der Waals surface area contributed by atoms with E-state index < -0.39 is 52.3 Å². The molecule has 4 aromatic rings. The first kappa shape index (κ1) is 38.6. The van der Waals surface area contributed by atoms with E-state index in [9.17, 15) is 32.6 Å². The molecular weight excluding hydrogens is 700 g/mol. The van der Waals surface area contributed by atoms with Gasteiger partial charge in [-0.3, -0.25) is 14.6 Å². The van der Waals surface area contributed by atoms with Crippen molar-refractivity contribution in [3.8, 4) is 0 Å². The molecular formula is C36H44F4N8O5. The molecule has 0 unspecified atom stereocenters. The molecule has 0 amide bonds. The standard InChI is InChI=1S/C19H24F2N4O3.C17H20F2N4O2/c1-14(24-6-4-18(5-7-24)27-8-9-28-18)19(26,11-25-13-22-12-23-25)16-3-2-15(20)10-17(16)21;1-12(22-6-4-14(24)5-7-22)17(25,9-23-11-20-10-21-23)15-3-2-13(18)8-16(15)19/h2-3,10,12-14,26H,4-9,11H2,1H3;2-3,8,10-12,25H,4-7,9H2,1H3/t14-,19-;12-,17-/m11/s1. The average Bonchev–Trinajstić information content (AvgIpc) is 3.94. The second-order valence-electron chi connectivity index (χ2n) is 13.9. The zero-order valence-corrected chi connectivity index (χ0v) is 29.6. The minimum absolute atomic E-state index is 0.00574. The highest BCUT2D eigenvalue weighted by Crippen LogP contribution is 2.38. The summed E-state index contributed by atoms with van der Waals surface area (Å²) in [6.07, 6.45) is 7.71. The highest BCUT2D eigenvalue weighted by Gasteiger charge is 2.47. The molecule has 13 nitrogen and oxygen atoms in total. The number of ketones is 1. The number of halogens is 4. The lowest BCUT2D eigenvalue weighted by Crippen LogP contribution is -2.56. The van der Waals surface area contributed by atoms with Crippen molar-refractivity contribution < 1.29 is 42.0 Å². The molecule has 1 spiro atoms. The van der Waals surface area contributed by atoms with Crippen LogP contribution in [0.1, 0.15) is 50.7 Å². The summed E-state index contributed by atoms with van der Waals surface area (Å²) in [7, 11) is 0. The number of carbonyl (C=O) groups excluding carboxylic acids is 1. The average molecular weight is 745 g/mol. The van der Waals surface area contributed by atoms with Crippen molar-refractivity contribution in [2.75, 3.05) is 39.4 Å². The van der Waals surface area contributed by atoms with Crippen LogP contribution >= 0.6 is 0 Å². The molecule has 3 aliphatic rings. The third kappa shape index (κ3) is 8.50. The van der Waals surface area contributed by atoms with E-state index >= 15 is 0 Å². The Morgan fingerprint density at radius 2 is 1.17 bits per heavy atom. The first-order valence-electron chi connectivity index (χ1n) is 17.6. The lowest BCUT2D eigenvalue weighted by molar-refractivity contribution is -0.194. The second-order valence-corrected chi connectivity index (χ2v) is 13.9. The maximum Gasteiger partial charge on any atom is 0.170 e. The molecule has 3 fully saturated rings. The minimum Gasteiger partial charge on any atom is -0.381 e. The zero-order chi connectivity index (χ0) is 37.8. The van der Waals surface area contributed by atoms with Gasteiger partial charge in [-0.2, -0.15) is 10.2 Å². The van der Waals surface area contributed by atoms with Gasteiger partial charge in [0.2, 0.25) is 0 Å². The molecule has 53 heavy (non-hydrogen) atoms. The predicted octanol–water partition coefficient (Wildman–Crippen LogP) is 3.17. The molecule has 0 radical (unpaired) electrons. The number of ether oxygens (including phenoxy) is 2. The zero-order valence-electron chi connectivity index (χ0n) is 29.6. The molecule has 3 saturated heterocycles. The number of piperidine rings is 2. The van der Waals surface area contributed by atoms with Crippen molar-refractivity contribution in [3.05, 3.63) is 96.1 Å². The second kappa shape index (κ2) is 16.1. The molecule has 4 atom stereocenters. The summed E-state index contributed by atoms with van der Waals surface area (Å²) >= 11 is 0. The van der Waals surface area contributed by atoms with Crippen LogP contribution in [0.15, 0.2) is 61.7 Å². The summed E-state index contributed by atoms with van der Waals surface area (Å²) in [6.45, 7) is 6.98. The van der Waals surface area contributed by atoms with Crippen molar-refractivity contribution >= 4 is 5.78 Å². The fourth-order valence-electron chi connectivity index (χ4n) is 7.49. The van der Waals surface area contributed by atoms with Gasteiger partial charge >= 0.3 is 0 Å². The number of aromatic nitrogens is 6. The van der Waals surface area contributed by atoms with E-state index in [1.54, 1.807) is 6.92 Å². The maximum absolute atomic E-state index is 14.6. The molecule has 286 valence electrons. The van der Waals surface area contributed by atoms with Crippen molar-refractivity contribution in [1.29, 1.82) is 0 Å². The number of likely N-dealkylation sites (tertiary alicyclic amines) is 2. The van der Waals surface area contributed by atoms with Gasteiger partial charge in [0.25, 0.3) is 0 Å². The van der Waals surface area contributed by atoms with Gasteiger partial charge in [0.05, 0.1) is 26.3 Å². The quantitative estimate of drug-likeness (QED) is 0.231. The predicted molar refractivity (Wildman–Crippen MR) is 181 cm³/mol. The van der Waals surface area contributed by atoms with Gasteiger partial charge in [0.1, 0.15) is 65.6 Å². The van der Waals surface area contributed by atoms with E-state index in [1.165, 1.54) is 46.8 Å². The molecule has 7 rings (SSSR count).